The molecule has 1 unspecified atom stereocenters. The molecule has 3 heterocycles. The van der Waals surface area contributed by atoms with E-state index in [1.54, 1.807) is 35.4 Å². The Labute approximate surface area is 230 Å². The van der Waals surface area contributed by atoms with E-state index in [0.717, 1.165) is 18.4 Å². The van der Waals surface area contributed by atoms with Gasteiger partial charge in [0.15, 0.2) is 0 Å². The van der Waals surface area contributed by atoms with Gasteiger partial charge in [-0.1, -0.05) is 35.3 Å². The van der Waals surface area contributed by atoms with Crippen molar-refractivity contribution in [1.82, 2.24) is 20.2 Å². The number of carbonyl (C=O) groups excluding carboxylic acids is 2. The Kier molecular flexibility index (Phi) is 7.69. The molecule has 1 fully saturated rings. The number of hydrogen-bond donors (Lipinski definition) is 2. The first-order valence-electron chi connectivity index (χ1n) is 12.3. The average Bonchev–Trinajstić information content (AvgIpc) is 3.24. The second-order valence-corrected chi connectivity index (χ2v) is 10.1. The van der Waals surface area contributed by atoms with E-state index in [-0.39, 0.29) is 17.9 Å². The number of nitrogens with zero attached hydrogens (tertiary/aromatic N) is 3. The van der Waals surface area contributed by atoms with Gasteiger partial charge in [0.05, 0.1) is 24.0 Å². The summed E-state index contributed by atoms with van der Waals surface area (Å²) in [5, 5.41) is 7.07. The summed E-state index contributed by atoms with van der Waals surface area (Å²) < 4.78 is 10.9. The van der Waals surface area contributed by atoms with Crippen molar-refractivity contribution in [3.05, 3.63) is 69.3 Å². The average molecular weight is 556 g/mol. The topological polar surface area (TPSA) is 106 Å². The van der Waals surface area contributed by atoms with Gasteiger partial charge in [-0.25, -0.2) is 9.97 Å². The number of fused-ring (bicyclic) bond motifs is 1. The number of carbonyl (C=O) groups is 2. The van der Waals surface area contributed by atoms with Crippen LogP contribution in [0.2, 0.25) is 10.0 Å². The summed E-state index contributed by atoms with van der Waals surface area (Å²) in [7, 11) is 1.53. The van der Waals surface area contributed by atoms with E-state index in [0.29, 0.717) is 63.9 Å². The van der Waals surface area contributed by atoms with E-state index >= 15 is 0 Å². The van der Waals surface area contributed by atoms with Gasteiger partial charge in [0.2, 0.25) is 11.9 Å². The van der Waals surface area contributed by atoms with Gasteiger partial charge in [-0.2, -0.15) is 0 Å². The zero-order chi connectivity index (χ0) is 26.8. The molecule has 0 radical (unpaired) electrons. The minimum Gasteiger partial charge on any atom is -0.496 e. The van der Waals surface area contributed by atoms with Gasteiger partial charge >= 0.3 is 0 Å². The Hall–Kier alpha value is -3.40. The summed E-state index contributed by atoms with van der Waals surface area (Å²) in [6.07, 6.45) is 2.53. The van der Waals surface area contributed by atoms with Crippen molar-refractivity contribution in [2.75, 3.05) is 25.6 Å². The molecule has 0 spiro atoms. The maximum atomic E-state index is 13.7. The normalized spacial score (nSPS) is 16.2. The standard InChI is InChI=1S/C27H27Cl2N5O4/c1-15(35)31-25(21-12-18(28)5-6-23(21)37-2)34-14-17-4-3-16(11-20(17)26(34)36)24-22(29)13-30-27(33-24)32-19-7-9-38-10-8-19/h3-6,11-13,19,25H,7-10,14H2,1-2H3,(H,31,35)(H,30,32,33). The Morgan fingerprint density at radius 1 is 1.18 bits per heavy atom. The van der Waals surface area contributed by atoms with Gasteiger partial charge in [-0.15, -0.1) is 0 Å². The quantitative estimate of drug-likeness (QED) is 0.429. The van der Waals surface area contributed by atoms with Crippen LogP contribution < -0.4 is 15.4 Å². The van der Waals surface area contributed by atoms with Gasteiger partial charge in [0.1, 0.15) is 11.9 Å². The number of amides is 2. The first kappa shape index (κ1) is 26.2. The SMILES string of the molecule is COc1ccc(Cl)cc1C(NC(C)=O)N1Cc2ccc(-c3nc(NC4CCOCC4)ncc3Cl)cc2C1=O. The number of rotatable bonds is 7. The highest BCUT2D eigenvalue weighted by molar-refractivity contribution is 6.33. The molecule has 0 aliphatic carbocycles. The highest BCUT2D eigenvalue weighted by Gasteiger charge is 2.36. The zero-order valence-corrected chi connectivity index (χ0v) is 22.5. The lowest BCUT2D eigenvalue weighted by molar-refractivity contribution is -0.120. The summed E-state index contributed by atoms with van der Waals surface area (Å²) in [5.41, 5.74) is 3.13. The molecule has 1 atom stereocenters. The van der Waals surface area contributed by atoms with Crippen molar-refractivity contribution in [1.29, 1.82) is 0 Å². The first-order chi connectivity index (χ1) is 18.3. The Bertz CT molecular complexity index is 1380. The van der Waals surface area contributed by atoms with Gasteiger partial charge in [-0.3, -0.25) is 9.59 Å². The first-order valence-corrected chi connectivity index (χ1v) is 13.0. The van der Waals surface area contributed by atoms with Crippen LogP contribution in [0.1, 0.15) is 47.4 Å². The molecule has 11 heteroatoms. The van der Waals surface area contributed by atoms with Gasteiger partial charge < -0.3 is 25.0 Å². The summed E-state index contributed by atoms with van der Waals surface area (Å²) in [6.45, 7) is 3.09. The fourth-order valence-corrected chi connectivity index (χ4v) is 5.16. The van der Waals surface area contributed by atoms with Crippen LogP contribution in [0.4, 0.5) is 5.95 Å². The van der Waals surface area contributed by atoms with Crippen LogP contribution in [-0.2, 0) is 16.1 Å². The van der Waals surface area contributed by atoms with E-state index in [1.807, 2.05) is 12.1 Å². The number of hydrogen-bond acceptors (Lipinski definition) is 7. The minimum absolute atomic E-state index is 0.224. The number of ether oxygens (including phenoxy) is 2. The van der Waals surface area contributed by atoms with Crippen LogP contribution in [0.5, 0.6) is 5.75 Å². The largest absolute Gasteiger partial charge is 0.496 e. The Morgan fingerprint density at radius 3 is 2.71 bits per heavy atom. The summed E-state index contributed by atoms with van der Waals surface area (Å²) in [4.78, 5) is 36.4. The maximum absolute atomic E-state index is 13.7. The molecular weight excluding hydrogens is 529 g/mol. The van der Waals surface area contributed by atoms with E-state index in [1.165, 1.54) is 14.0 Å². The number of nitrogens with one attached hydrogen (secondary N) is 2. The smallest absolute Gasteiger partial charge is 0.256 e. The van der Waals surface area contributed by atoms with Gasteiger partial charge in [0, 0.05) is 54.4 Å². The number of anilines is 1. The molecule has 0 bridgehead atoms. The summed E-state index contributed by atoms with van der Waals surface area (Å²) in [5.74, 6) is 0.450. The maximum Gasteiger partial charge on any atom is 0.256 e. The molecule has 198 valence electrons. The molecule has 1 aromatic heterocycles. The number of aromatic nitrogens is 2. The lowest BCUT2D eigenvalue weighted by Crippen LogP contribution is -2.40. The third-order valence-corrected chi connectivity index (χ3v) is 7.16. The monoisotopic (exact) mass is 555 g/mol. The van der Waals surface area contributed by atoms with Crippen LogP contribution >= 0.6 is 23.2 Å². The molecule has 2 amide bonds. The molecule has 2 N–H and O–H groups in total. The number of halogens is 2. The molecule has 2 aliphatic heterocycles. The third kappa shape index (κ3) is 5.41. The van der Waals surface area contributed by atoms with E-state index < -0.39 is 6.17 Å². The van der Waals surface area contributed by atoms with E-state index in [2.05, 4.69) is 20.6 Å². The lowest BCUT2D eigenvalue weighted by Gasteiger charge is -2.29. The second kappa shape index (κ2) is 11.1. The van der Waals surface area contributed by atoms with Crippen molar-refractivity contribution in [3.8, 4) is 17.0 Å². The predicted octanol–water partition coefficient (Wildman–Crippen LogP) is 4.84. The highest BCUT2D eigenvalue weighted by Crippen LogP contribution is 2.37. The fourth-order valence-electron chi connectivity index (χ4n) is 4.78. The third-order valence-electron chi connectivity index (χ3n) is 6.65. The number of methoxy groups -OCH3 is 1. The summed E-state index contributed by atoms with van der Waals surface area (Å²) in [6, 6.07) is 10.9. The van der Waals surface area contributed by atoms with Crippen molar-refractivity contribution < 1.29 is 19.1 Å². The van der Waals surface area contributed by atoms with Crippen molar-refractivity contribution in [2.24, 2.45) is 0 Å². The highest BCUT2D eigenvalue weighted by atomic mass is 35.5. The predicted molar refractivity (Wildman–Crippen MR) is 144 cm³/mol. The van der Waals surface area contributed by atoms with Crippen LogP contribution in [0.3, 0.4) is 0 Å². The Morgan fingerprint density at radius 2 is 1.97 bits per heavy atom. The summed E-state index contributed by atoms with van der Waals surface area (Å²) >= 11 is 12.7. The Balaban J connectivity index is 1.45. The molecule has 1 saturated heterocycles. The van der Waals surface area contributed by atoms with Gasteiger partial charge in [-0.05, 0) is 42.7 Å². The van der Waals surface area contributed by atoms with Gasteiger partial charge in [0.25, 0.3) is 5.91 Å². The van der Waals surface area contributed by atoms with Crippen LogP contribution in [0, 0.1) is 0 Å². The molecule has 2 aliphatic rings. The molecule has 5 rings (SSSR count). The van der Waals surface area contributed by atoms with Crippen molar-refractivity contribution >= 4 is 41.0 Å². The molecule has 2 aromatic carbocycles. The molecule has 3 aromatic rings. The molecule has 9 nitrogen and oxygen atoms in total. The number of benzene rings is 2. The second-order valence-electron chi connectivity index (χ2n) is 9.22. The van der Waals surface area contributed by atoms with Crippen LogP contribution in [-0.4, -0.2) is 53.0 Å². The zero-order valence-electron chi connectivity index (χ0n) is 21.0. The van der Waals surface area contributed by atoms with Crippen LogP contribution in [0.15, 0.2) is 42.6 Å². The van der Waals surface area contributed by atoms with E-state index in [4.69, 9.17) is 32.7 Å². The fraction of sp³-hybridized carbons (Fsp3) is 0.333. The van der Waals surface area contributed by atoms with Crippen LogP contribution in [0.25, 0.3) is 11.3 Å². The molecule has 0 saturated carbocycles. The lowest BCUT2D eigenvalue weighted by atomic mass is 10.0. The minimum atomic E-state index is -0.776. The molecular formula is C27H27Cl2N5O4. The molecule has 38 heavy (non-hydrogen) atoms. The van der Waals surface area contributed by atoms with Crippen molar-refractivity contribution in [2.45, 2.75) is 38.5 Å². The van der Waals surface area contributed by atoms with E-state index in [9.17, 15) is 9.59 Å². The van der Waals surface area contributed by atoms with Crippen molar-refractivity contribution in [3.63, 3.8) is 0 Å².